The molecule has 1 heterocycles. The lowest BCUT2D eigenvalue weighted by molar-refractivity contribution is -0.122. The van der Waals surface area contributed by atoms with Gasteiger partial charge in [-0.1, -0.05) is 0 Å². The second-order valence-electron chi connectivity index (χ2n) is 5.57. The van der Waals surface area contributed by atoms with E-state index < -0.39 is 6.04 Å². The van der Waals surface area contributed by atoms with Crippen molar-refractivity contribution in [1.29, 1.82) is 0 Å². The van der Waals surface area contributed by atoms with Gasteiger partial charge in [0.1, 0.15) is 6.04 Å². The van der Waals surface area contributed by atoms with Gasteiger partial charge in [-0.3, -0.25) is 14.4 Å². The predicted octanol–water partition coefficient (Wildman–Crippen LogP) is 0.578. The number of hydrogen-bond donors (Lipinski definition) is 3. The Morgan fingerprint density at radius 1 is 1.33 bits per heavy atom. The molecule has 1 atom stereocenters. The fourth-order valence-electron chi connectivity index (χ4n) is 2.27. The maximum Gasteiger partial charge on any atom is 0.251 e. The summed E-state index contributed by atoms with van der Waals surface area (Å²) in [6, 6.07) is 4.74. The minimum absolute atomic E-state index is 0.0697. The largest absolute Gasteiger partial charge is 0.352 e. The van der Waals surface area contributed by atoms with Gasteiger partial charge in [0.2, 0.25) is 11.8 Å². The van der Waals surface area contributed by atoms with Crippen molar-refractivity contribution in [2.45, 2.75) is 38.3 Å². The maximum atomic E-state index is 12.1. The van der Waals surface area contributed by atoms with Gasteiger partial charge in [-0.25, -0.2) is 0 Å². The van der Waals surface area contributed by atoms with E-state index in [-0.39, 0.29) is 30.2 Å². The summed E-state index contributed by atoms with van der Waals surface area (Å²) >= 11 is 0. The van der Waals surface area contributed by atoms with Crippen molar-refractivity contribution < 1.29 is 14.4 Å². The summed E-state index contributed by atoms with van der Waals surface area (Å²) in [4.78, 5) is 35.2. The molecule has 1 aromatic carbocycles. The highest BCUT2D eigenvalue weighted by Gasteiger charge is 2.26. The van der Waals surface area contributed by atoms with Crippen molar-refractivity contribution >= 4 is 23.4 Å². The van der Waals surface area contributed by atoms with Gasteiger partial charge >= 0.3 is 0 Å². The van der Waals surface area contributed by atoms with E-state index in [2.05, 4.69) is 16.0 Å². The minimum atomic E-state index is -0.578. The number of anilines is 1. The number of rotatable bonds is 4. The van der Waals surface area contributed by atoms with Crippen molar-refractivity contribution in [2.24, 2.45) is 0 Å². The van der Waals surface area contributed by atoms with Gasteiger partial charge in [0.15, 0.2) is 0 Å². The van der Waals surface area contributed by atoms with Crippen LogP contribution in [0.25, 0.3) is 0 Å². The summed E-state index contributed by atoms with van der Waals surface area (Å²) in [6.07, 6.45) is 2.31. The molecule has 3 amide bonds. The van der Waals surface area contributed by atoms with Crippen LogP contribution in [-0.2, 0) is 16.0 Å². The van der Waals surface area contributed by atoms with Crippen LogP contribution in [0.4, 0.5) is 5.69 Å². The van der Waals surface area contributed by atoms with E-state index in [0.29, 0.717) is 5.56 Å². The van der Waals surface area contributed by atoms with Gasteiger partial charge in [-0.15, -0.1) is 0 Å². The number of hydrogen-bond acceptors (Lipinski definition) is 3. The topological polar surface area (TPSA) is 87.3 Å². The van der Waals surface area contributed by atoms with Gasteiger partial charge in [-0.2, -0.15) is 0 Å². The Kier molecular flexibility index (Phi) is 3.37. The zero-order valence-electron chi connectivity index (χ0n) is 11.7. The normalized spacial score (nSPS) is 17.7. The highest BCUT2D eigenvalue weighted by atomic mass is 16.2. The number of carbonyl (C=O) groups is 3. The number of benzene rings is 1. The first kappa shape index (κ1) is 13.6. The Morgan fingerprint density at radius 2 is 2.10 bits per heavy atom. The molecule has 21 heavy (non-hydrogen) atoms. The van der Waals surface area contributed by atoms with Crippen LogP contribution in [0.3, 0.4) is 0 Å². The van der Waals surface area contributed by atoms with Crippen LogP contribution in [-0.4, -0.2) is 29.8 Å². The lowest BCUT2D eigenvalue weighted by Crippen LogP contribution is -2.45. The SMILES string of the molecule is CC(NC(=O)c1ccc2c(c1)CC(=O)N2)C(=O)NC1CC1. The molecule has 1 aliphatic carbocycles. The molecular formula is C15H17N3O3. The van der Waals surface area contributed by atoms with Gasteiger partial charge in [0.25, 0.3) is 5.91 Å². The third-order valence-electron chi connectivity index (χ3n) is 3.66. The van der Waals surface area contributed by atoms with Crippen molar-refractivity contribution in [3.63, 3.8) is 0 Å². The van der Waals surface area contributed by atoms with Crippen LogP contribution >= 0.6 is 0 Å². The molecule has 0 bridgehead atoms. The van der Waals surface area contributed by atoms with Crippen LogP contribution < -0.4 is 16.0 Å². The minimum Gasteiger partial charge on any atom is -0.352 e. The summed E-state index contributed by atoms with van der Waals surface area (Å²) in [5.41, 5.74) is 2.01. The summed E-state index contributed by atoms with van der Waals surface area (Å²) in [5, 5.41) is 8.24. The van der Waals surface area contributed by atoms with Crippen LogP contribution in [0.1, 0.15) is 35.7 Å². The van der Waals surface area contributed by atoms with E-state index in [1.165, 1.54) is 0 Å². The second kappa shape index (κ2) is 5.20. The summed E-state index contributed by atoms with van der Waals surface area (Å²) in [6.45, 7) is 1.66. The van der Waals surface area contributed by atoms with Crippen LogP contribution in [0, 0.1) is 0 Å². The average Bonchev–Trinajstić information content (AvgIpc) is 3.16. The fourth-order valence-corrected chi connectivity index (χ4v) is 2.27. The van der Waals surface area contributed by atoms with Crippen molar-refractivity contribution in [3.05, 3.63) is 29.3 Å². The van der Waals surface area contributed by atoms with E-state index in [1.54, 1.807) is 25.1 Å². The number of fused-ring (bicyclic) bond motifs is 1. The molecule has 1 fully saturated rings. The molecule has 3 N–H and O–H groups in total. The first-order valence-corrected chi connectivity index (χ1v) is 7.07. The third kappa shape index (κ3) is 3.04. The summed E-state index contributed by atoms with van der Waals surface area (Å²) in [5.74, 6) is -0.542. The standard InChI is InChI=1S/C15H17N3O3/c1-8(14(20)17-11-3-4-11)16-15(21)9-2-5-12-10(6-9)7-13(19)18-12/h2,5-6,8,11H,3-4,7H2,1H3,(H,16,21)(H,17,20)(H,18,19). The molecular weight excluding hydrogens is 270 g/mol. The van der Waals surface area contributed by atoms with E-state index in [4.69, 9.17) is 0 Å². The predicted molar refractivity (Wildman–Crippen MR) is 76.9 cm³/mol. The molecule has 1 saturated carbocycles. The van der Waals surface area contributed by atoms with Gasteiger partial charge in [0.05, 0.1) is 6.42 Å². The van der Waals surface area contributed by atoms with E-state index in [9.17, 15) is 14.4 Å². The molecule has 110 valence electrons. The molecule has 0 spiro atoms. The van der Waals surface area contributed by atoms with Gasteiger partial charge in [0, 0.05) is 17.3 Å². The summed E-state index contributed by atoms with van der Waals surface area (Å²) < 4.78 is 0. The van der Waals surface area contributed by atoms with Crippen LogP contribution in [0.2, 0.25) is 0 Å². The van der Waals surface area contributed by atoms with Crippen LogP contribution in [0.15, 0.2) is 18.2 Å². The Labute approximate surface area is 122 Å². The zero-order valence-corrected chi connectivity index (χ0v) is 11.7. The summed E-state index contributed by atoms with van der Waals surface area (Å²) in [7, 11) is 0. The van der Waals surface area contributed by atoms with Crippen LogP contribution in [0.5, 0.6) is 0 Å². The monoisotopic (exact) mass is 287 g/mol. The van der Waals surface area contributed by atoms with E-state index in [0.717, 1.165) is 24.1 Å². The molecule has 0 radical (unpaired) electrons. The van der Waals surface area contributed by atoms with Gasteiger partial charge in [-0.05, 0) is 43.5 Å². The van der Waals surface area contributed by atoms with Crippen molar-refractivity contribution in [1.82, 2.24) is 10.6 Å². The highest BCUT2D eigenvalue weighted by Crippen LogP contribution is 2.23. The van der Waals surface area contributed by atoms with E-state index >= 15 is 0 Å². The molecule has 1 aliphatic heterocycles. The quantitative estimate of drug-likeness (QED) is 0.757. The first-order valence-electron chi connectivity index (χ1n) is 7.07. The Bertz CT molecular complexity index is 623. The third-order valence-corrected chi connectivity index (χ3v) is 3.66. The van der Waals surface area contributed by atoms with Crippen molar-refractivity contribution in [3.8, 4) is 0 Å². The first-order chi connectivity index (χ1) is 10.0. The van der Waals surface area contributed by atoms with Gasteiger partial charge < -0.3 is 16.0 Å². The molecule has 0 aromatic heterocycles. The number of nitrogens with one attached hydrogen (secondary N) is 3. The Balaban J connectivity index is 1.63. The average molecular weight is 287 g/mol. The zero-order chi connectivity index (χ0) is 15.0. The fraction of sp³-hybridized carbons (Fsp3) is 0.400. The lowest BCUT2D eigenvalue weighted by atomic mass is 10.1. The molecule has 1 aromatic rings. The van der Waals surface area contributed by atoms with Crippen molar-refractivity contribution in [2.75, 3.05) is 5.32 Å². The molecule has 6 heteroatoms. The second-order valence-corrected chi connectivity index (χ2v) is 5.57. The molecule has 1 unspecified atom stereocenters. The Hall–Kier alpha value is -2.37. The Morgan fingerprint density at radius 3 is 2.81 bits per heavy atom. The lowest BCUT2D eigenvalue weighted by Gasteiger charge is -2.14. The highest BCUT2D eigenvalue weighted by molar-refractivity contribution is 6.02. The van der Waals surface area contributed by atoms with E-state index in [1.807, 2.05) is 0 Å². The number of carbonyl (C=O) groups excluding carboxylic acids is 3. The molecule has 3 rings (SSSR count). The molecule has 6 nitrogen and oxygen atoms in total. The smallest absolute Gasteiger partial charge is 0.251 e. The maximum absolute atomic E-state index is 12.1. The molecule has 0 saturated heterocycles. The number of amides is 3. The molecule has 2 aliphatic rings.